The first kappa shape index (κ1) is 12.8. The van der Waals surface area contributed by atoms with Crippen molar-refractivity contribution in [2.75, 3.05) is 13.1 Å². The van der Waals surface area contributed by atoms with Crippen molar-refractivity contribution >= 4 is 11.3 Å². The van der Waals surface area contributed by atoms with Crippen LogP contribution in [-0.4, -0.2) is 23.2 Å². The largest absolute Gasteiger partial charge is 0.333 e. The Kier molecular flexibility index (Phi) is 3.94. The molecule has 1 fully saturated rings. The molecule has 3 heterocycles. The molecule has 0 spiro atoms. The van der Waals surface area contributed by atoms with E-state index in [-0.39, 0.29) is 0 Å². The van der Waals surface area contributed by atoms with Gasteiger partial charge in [-0.15, -0.1) is 11.3 Å². The number of hydrogen-bond donors (Lipinski definition) is 1. The van der Waals surface area contributed by atoms with Crippen molar-refractivity contribution in [2.45, 2.75) is 32.6 Å². The lowest BCUT2D eigenvalue weighted by Gasteiger charge is -2.20. The van der Waals surface area contributed by atoms with E-state index >= 15 is 0 Å². The maximum absolute atomic E-state index is 5.38. The van der Waals surface area contributed by atoms with Crippen LogP contribution in [0.2, 0.25) is 0 Å². The third-order valence-electron chi connectivity index (χ3n) is 3.56. The minimum Gasteiger partial charge on any atom is -0.333 e. The van der Waals surface area contributed by atoms with E-state index in [0.29, 0.717) is 11.8 Å². The number of hydrogen-bond acceptors (Lipinski definition) is 5. The van der Waals surface area contributed by atoms with E-state index in [2.05, 4.69) is 34.5 Å². The summed E-state index contributed by atoms with van der Waals surface area (Å²) in [7, 11) is 0. The van der Waals surface area contributed by atoms with Crippen molar-refractivity contribution in [3.05, 3.63) is 22.8 Å². The molecule has 19 heavy (non-hydrogen) atoms. The molecule has 4 nitrogen and oxygen atoms in total. The van der Waals surface area contributed by atoms with Gasteiger partial charge in [-0.25, -0.2) is 0 Å². The number of aryl methyl sites for hydroxylation is 1. The van der Waals surface area contributed by atoms with Gasteiger partial charge in [0.15, 0.2) is 5.82 Å². The van der Waals surface area contributed by atoms with Crippen molar-refractivity contribution in [2.24, 2.45) is 5.92 Å². The Morgan fingerprint density at radius 1 is 1.47 bits per heavy atom. The van der Waals surface area contributed by atoms with Crippen molar-refractivity contribution < 1.29 is 4.52 Å². The van der Waals surface area contributed by atoms with Crippen LogP contribution in [-0.2, 0) is 12.8 Å². The molecule has 2 aromatic heterocycles. The second-order valence-corrected chi connectivity index (χ2v) is 6.22. The first-order valence-electron chi connectivity index (χ1n) is 6.97. The summed E-state index contributed by atoms with van der Waals surface area (Å²) >= 11 is 1.74. The second kappa shape index (κ2) is 5.84. The molecule has 0 bridgehead atoms. The van der Waals surface area contributed by atoms with Crippen molar-refractivity contribution in [1.29, 1.82) is 0 Å². The summed E-state index contributed by atoms with van der Waals surface area (Å²) in [6.07, 6.45) is 4.48. The number of thiophene rings is 1. The molecular formula is C14H19N3OS. The van der Waals surface area contributed by atoms with Gasteiger partial charge in [-0.1, -0.05) is 12.1 Å². The standard InChI is InChI=1S/C14H19N3OS/c1-2-11-5-6-12(19-11)14-16-13(17-18-14)8-10-4-3-7-15-9-10/h5-6,10,15H,2-4,7-9H2,1H3. The predicted octanol–water partition coefficient (Wildman–Crippen LogP) is 2.90. The molecule has 1 aliphatic rings. The van der Waals surface area contributed by atoms with Gasteiger partial charge in [0.25, 0.3) is 5.89 Å². The highest BCUT2D eigenvalue weighted by molar-refractivity contribution is 7.15. The van der Waals surface area contributed by atoms with Crippen LogP contribution in [0.15, 0.2) is 16.7 Å². The molecule has 2 aromatic rings. The van der Waals surface area contributed by atoms with Gasteiger partial charge in [-0.3, -0.25) is 0 Å². The molecule has 1 atom stereocenters. The number of rotatable bonds is 4. The molecule has 0 aromatic carbocycles. The second-order valence-electron chi connectivity index (χ2n) is 5.05. The van der Waals surface area contributed by atoms with Gasteiger partial charge in [0.05, 0.1) is 4.88 Å². The van der Waals surface area contributed by atoms with Crippen LogP contribution < -0.4 is 5.32 Å². The zero-order valence-electron chi connectivity index (χ0n) is 11.2. The van der Waals surface area contributed by atoms with Gasteiger partial charge < -0.3 is 9.84 Å². The molecule has 0 aliphatic carbocycles. The van der Waals surface area contributed by atoms with Gasteiger partial charge in [0.1, 0.15) is 0 Å². The Hall–Kier alpha value is -1.20. The average Bonchev–Trinajstić information content (AvgIpc) is 3.08. The van der Waals surface area contributed by atoms with Gasteiger partial charge in [-0.2, -0.15) is 4.98 Å². The molecule has 0 saturated carbocycles. The van der Waals surface area contributed by atoms with Crippen LogP contribution in [0.25, 0.3) is 10.8 Å². The molecule has 5 heteroatoms. The highest BCUT2D eigenvalue weighted by atomic mass is 32.1. The summed E-state index contributed by atoms with van der Waals surface area (Å²) < 4.78 is 5.38. The summed E-state index contributed by atoms with van der Waals surface area (Å²) in [6, 6.07) is 4.21. The molecule has 1 saturated heterocycles. The van der Waals surface area contributed by atoms with Crippen LogP contribution in [0.5, 0.6) is 0 Å². The smallest absolute Gasteiger partial charge is 0.267 e. The van der Waals surface area contributed by atoms with E-state index in [1.165, 1.54) is 17.7 Å². The first-order valence-corrected chi connectivity index (χ1v) is 7.79. The third kappa shape index (κ3) is 3.04. The van der Waals surface area contributed by atoms with Crippen LogP contribution in [0.4, 0.5) is 0 Å². The molecule has 0 amide bonds. The number of aromatic nitrogens is 2. The Labute approximate surface area is 117 Å². The molecule has 0 radical (unpaired) electrons. The van der Waals surface area contributed by atoms with E-state index < -0.39 is 0 Å². The summed E-state index contributed by atoms with van der Waals surface area (Å²) in [4.78, 5) is 6.96. The minimum atomic E-state index is 0.647. The average molecular weight is 277 g/mol. The van der Waals surface area contributed by atoms with Gasteiger partial charge in [0.2, 0.25) is 0 Å². The van der Waals surface area contributed by atoms with E-state index in [1.807, 2.05) is 0 Å². The van der Waals surface area contributed by atoms with E-state index in [4.69, 9.17) is 4.52 Å². The maximum Gasteiger partial charge on any atom is 0.267 e. The lowest BCUT2D eigenvalue weighted by atomic mass is 9.96. The predicted molar refractivity (Wildman–Crippen MR) is 76.3 cm³/mol. The molecular weight excluding hydrogens is 258 g/mol. The van der Waals surface area contributed by atoms with Crippen LogP contribution >= 0.6 is 11.3 Å². The zero-order valence-corrected chi connectivity index (χ0v) is 12.0. The Bertz CT molecular complexity index is 528. The van der Waals surface area contributed by atoms with E-state index in [9.17, 15) is 0 Å². The molecule has 3 rings (SSSR count). The summed E-state index contributed by atoms with van der Waals surface area (Å²) in [5.41, 5.74) is 0. The SMILES string of the molecule is CCc1ccc(-c2nc(CC3CCCNC3)no2)s1. The third-order valence-corrected chi connectivity index (χ3v) is 4.78. The first-order chi connectivity index (χ1) is 9.35. The lowest BCUT2D eigenvalue weighted by Crippen LogP contribution is -2.31. The molecule has 102 valence electrons. The van der Waals surface area contributed by atoms with Gasteiger partial charge >= 0.3 is 0 Å². The van der Waals surface area contributed by atoms with Gasteiger partial charge in [0, 0.05) is 11.3 Å². The summed E-state index contributed by atoms with van der Waals surface area (Å²) in [6.45, 7) is 4.37. The normalized spacial score (nSPS) is 19.7. The monoisotopic (exact) mass is 277 g/mol. The lowest BCUT2D eigenvalue weighted by molar-refractivity contribution is 0.360. The number of nitrogens with zero attached hydrogens (tertiary/aromatic N) is 2. The summed E-state index contributed by atoms with van der Waals surface area (Å²) in [5, 5.41) is 7.53. The molecule has 1 unspecified atom stereocenters. The highest BCUT2D eigenvalue weighted by Gasteiger charge is 2.17. The van der Waals surface area contributed by atoms with Gasteiger partial charge in [-0.05, 0) is 50.4 Å². The van der Waals surface area contributed by atoms with E-state index in [1.54, 1.807) is 11.3 Å². The van der Waals surface area contributed by atoms with Crippen molar-refractivity contribution in [3.63, 3.8) is 0 Å². The Balaban J connectivity index is 1.68. The Morgan fingerprint density at radius 3 is 3.16 bits per heavy atom. The highest BCUT2D eigenvalue weighted by Crippen LogP contribution is 2.27. The zero-order chi connectivity index (χ0) is 13.1. The summed E-state index contributed by atoms with van der Waals surface area (Å²) in [5.74, 6) is 2.16. The van der Waals surface area contributed by atoms with Crippen molar-refractivity contribution in [3.8, 4) is 10.8 Å². The number of piperidine rings is 1. The fourth-order valence-corrected chi connectivity index (χ4v) is 3.35. The fourth-order valence-electron chi connectivity index (χ4n) is 2.48. The van der Waals surface area contributed by atoms with E-state index in [0.717, 1.165) is 36.6 Å². The quantitative estimate of drug-likeness (QED) is 0.933. The maximum atomic E-state index is 5.38. The van der Waals surface area contributed by atoms with Crippen LogP contribution in [0, 0.1) is 5.92 Å². The Morgan fingerprint density at radius 2 is 2.42 bits per heavy atom. The molecule has 1 N–H and O–H groups in total. The fraction of sp³-hybridized carbons (Fsp3) is 0.571. The molecule has 1 aliphatic heterocycles. The topological polar surface area (TPSA) is 51.0 Å². The van der Waals surface area contributed by atoms with Crippen LogP contribution in [0.3, 0.4) is 0 Å². The van der Waals surface area contributed by atoms with Crippen LogP contribution in [0.1, 0.15) is 30.5 Å². The minimum absolute atomic E-state index is 0.647. The van der Waals surface area contributed by atoms with Crippen molar-refractivity contribution in [1.82, 2.24) is 15.5 Å². The number of nitrogens with one attached hydrogen (secondary N) is 1.